The van der Waals surface area contributed by atoms with E-state index in [1.54, 1.807) is 60.7 Å². The van der Waals surface area contributed by atoms with Crippen LogP contribution in [0.5, 0.6) is 5.75 Å². The Morgan fingerprint density at radius 2 is 1.65 bits per heavy atom. The number of nitrogens with zero attached hydrogens (tertiary/aromatic N) is 1. The molecule has 0 aliphatic carbocycles. The number of anilines is 2. The van der Waals surface area contributed by atoms with Gasteiger partial charge in [0.05, 0.1) is 17.1 Å². The molecule has 0 aromatic heterocycles. The van der Waals surface area contributed by atoms with E-state index in [4.69, 9.17) is 16.3 Å². The maximum absolute atomic E-state index is 13.4. The first-order valence-electron chi connectivity index (χ1n) is 9.67. The zero-order valence-corrected chi connectivity index (χ0v) is 18.6. The molecule has 1 amide bonds. The third-order valence-corrected chi connectivity index (χ3v) is 7.04. The Balaban J connectivity index is 1.69. The van der Waals surface area contributed by atoms with Crippen molar-refractivity contribution in [2.75, 3.05) is 16.2 Å². The molecule has 1 aliphatic rings. The number of carbonyl (C=O) groups is 1. The molecule has 1 heterocycles. The summed E-state index contributed by atoms with van der Waals surface area (Å²) in [7, 11) is -3.89. The first-order chi connectivity index (χ1) is 14.7. The molecule has 0 saturated heterocycles. The first-order valence-corrected chi connectivity index (χ1v) is 11.5. The van der Waals surface area contributed by atoms with E-state index < -0.39 is 22.0 Å². The fourth-order valence-corrected chi connectivity index (χ4v) is 4.92. The van der Waals surface area contributed by atoms with Crippen molar-refractivity contribution in [1.82, 2.24) is 0 Å². The average Bonchev–Trinajstić information content (AvgIpc) is 2.74. The Labute approximate surface area is 186 Å². The van der Waals surface area contributed by atoms with Crippen LogP contribution in [0.25, 0.3) is 0 Å². The molecule has 3 aromatic carbocycles. The summed E-state index contributed by atoms with van der Waals surface area (Å²) in [6.45, 7) is 3.62. The van der Waals surface area contributed by atoms with Gasteiger partial charge in [-0.05, 0) is 67.9 Å². The van der Waals surface area contributed by atoms with Crippen LogP contribution in [0.15, 0.2) is 71.6 Å². The van der Waals surface area contributed by atoms with E-state index in [9.17, 15) is 13.2 Å². The summed E-state index contributed by atoms with van der Waals surface area (Å²) >= 11 is 5.89. The van der Waals surface area contributed by atoms with Crippen molar-refractivity contribution in [3.63, 3.8) is 0 Å². The summed E-state index contributed by atoms with van der Waals surface area (Å²) in [6, 6.07) is 18.5. The largest absolute Gasteiger partial charge is 0.476 e. The lowest BCUT2D eigenvalue weighted by Crippen LogP contribution is -2.48. The van der Waals surface area contributed by atoms with Gasteiger partial charge in [-0.1, -0.05) is 35.4 Å². The van der Waals surface area contributed by atoms with Gasteiger partial charge < -0.3 is 10.1 Å². The van der Waals surface area contributed by atoms with Crippen LogP contribution in [0.1, 0.15) is 11.1 Å². The number of benzene rings is 3. The molecule has 1 aliphatic heterocycles. The molecule has 3 aromatic rings. The molecule has 160 valence electrons. The van der Waals surface area contributed by atoms with E-state index in [1.807, 2.05) is 19.9 Å². The van der Waals surface area contributed by atoms with Crippen LogP contribution < -0.4 is 14.4 Å². The molecule has 8 heteroatoms. The lowest BCUT2D eigenvalue weighted by atomic mass is 10.1. The Morgan fingerprint density at radius 1 is 1.00 bits per heavy atom. The summed E-state index contributed by atoms with van der Waals surface area (Å²) in [5.74, 6) is -0.100. The molecule has 1 N–H and O–H groups in total. The maximum Gasteiger partial charge on any atom is 0.267 e. The molecular formula is C23H21ClN2O4S. The Kier molecular flexibility index (Phi) is 5.64. The van der Waals surface area contributed by atoms with Crippen LogP contribution in [-0.4, -0.2) is 27.0 Å². The predicted molar refractivity (Wildman–Crippen MR) is 121 cm³/mol. The van der Waals surface area contributed by atoms with Crippen LogP contribution in [-0.2, 0) is 14.8 Å². The summed E-state index contributed by atoms with van der Waals surface area (Å²) in [5, 5.41) is 3.31. The number of hydrogen-bond acceptors (Lipinski definition) is 4. The molecule has 31 heavy (non-hydrogen) atoms. The van der Waals surface area contributed by atoms with Crippen LogP contribution in [0.2, 0.25) is 5.02 Å². The zero-order valence-electron chi connectivity index (χ0n) is 17.0. The van der Waals surface area contributed by atoms with Crippen molar-refractivity contribution < 1.29 is 17.9 Å². The molecule has 0 spiro atoms. The van der Waals surface area contributed by atoms with Crippen LogP contribution in [0.3, 0.4) is 0 Å². The van der Waals surface area contributed by atoms with Crippen LogP contribution >= 0.6 is 11.6 Å². The highest BCUT2D eigenvalue weighted by Gasteiger charge is 2.37. The van der Waals surface area contributed by atoms with Gasteiger partial charge in [0.25, 0.3) is 15.9 Å². The minimum absolute atomic E-state index is 0.147. The minimum atomic E-state index is -3.89. The first kappa shape index (κ1) is 21.2. The highest BCUT2D eigenvalue weighted by atomic mass is 35.5. The highest BCUT2D eigenvalue weighted by Crippen LogP contribution is 2.38. The Hall–Kier alpha value is -3.03. The van der Waals surface area contributed by atoms with Gasteiger partial charge >= 0.3 is 0 Å². The number of carbonyl (C=O) groups excluding carboxylic acids is 1. The molecule has 4 rings (SSSR count). The van der Waals surface area contributed by atoms with Gasteiger partial charge in [-0.25, -0.2) is 8.42 Å². The van der Waals surface area contributed by atoms with Crippen LogP contribution in [0.4, 0.5) is 11.4 Å². The fourth-order valence-electron chi connectivity index (χ4n) is 3.32. The summed E-state index contributed by atoms with van der Waals surface area (Å²) in [6.07, 6.45) is -1.02. The van der Waals surface area contributed by atoms with Crippen LogP contribution in [0, 0.1) is 13.8 Å². The standard InChI is InChI=1S/C23H21ClN2O4S/c1-15-3-10-19(11-4-15)31(28,29)26-14-22(30-21-13-16(2)5-12-20(21)26)23(27)25-18-8-6-17(24)7-9-18/h3-13,22H,14H2,1-2H3,(H,25,27)/t22-/m1/s1. The van der Waals surface area contributed by atoms with E-state index in [0.29, 0.717) is 22.1 Å². The number of ether oxygens (including phenoxy) is 1. The smallest absolute Gasteiger partial charge is 0.267 e. The molecule has 0 saturated carbocycles. The van der Waals surface area contributed by atoms with Gasteiger partial charge in [0.15, 0.2) is 6.10 Å². The molecule has 1 atom stereocenters. The fraction of sp³-hybridized carbons (Fsp3) is 0.174. The predicted octanol–water partition coefficient (Wildman–Crippen LogP) is 4.55. The maximum atomic E-state index is 13.4. The van der Waals surface area contributed by atoms with Gasteiger partial charge in [-0.3, -0.25) is 9.10 Å². The molecule has 0 bridgehead atoms. The van der Waals surface area contributed by atoms with Crippen molar-refractivity contribution in [3.8, 4) is 5.75 Å². The summed E-state index contributed by atoms with van der Waals surface area (Å²) in [4.78, 5) is 13.1. The van der Waals surface area contributed by atoms with Crippen molar-refractivity contribution in [1.29, 1.82) is 0 Å². The number of hydrogen-bond donors (Lipinski definition) is 1. The minimum Gasteiger partial charge on any atom is -0.476 e. The highest BCUT2D eigenvalue weighted by molar-refractivity contribution is 7.92. The molecule has 6 nitrogen and oxygen atoms in total. The third kappa shape index (κ3) is 4.38. The van der Waals surface area contributed by atoms with Gasteiger partial charge in [0, 0.05) is 10.7 Å². The zero-order chi connectivity index (χ0) is 22.2. The SMILES string of the molecule is Cc1ccc(S(=O)(=O)N2C[C@H](C(=O)Nc3ccc(Cl)cc3)Oc3cc(C)ccc32)cc1. The molecule has 0 fully saturated rings. The summed E-state index contributed by atoms with van der Waals surface area (Å²) < 4.78 is 34.0. The normalized spacial score (nSPS) is 15.7. The van der Waals surface area contributed by atoms with Crippen molar-refractivity contribution in [3.05, 3.63) is 82.9 Å². The van der Waals surface area contributed by atoms with Crippen molar-refractivity contribution in [2.45, 2.75) is 24.8 Å². The number of halogens is 1. The monoisotopic (exact) mass is 456 g/mol. The number of fused-ring (bicyclic) bond motifs is 1. The lowest BCUT2D eigenvalue weighted by molar-refractivity contribution is -0.122. The number of aryl methyl sites for hydroxylation is 2. The topological polar surface area (TPSA) is 75.7 Å². The molecule has 0 unspecified atom stereocenters. The van der Waals surface area contributed by atoms with Gasteiger partial charge in [-0.2, -0.15) is 0 Å². The third-order valence-electron chi connectivity index (χ3n) is 5.00. The Morgan fingerprint density at radius 3 is 2.32 bits per heavy atom. The number of sulfonamides is 1. The van der Waals surface area contributed by atoms with Crippen molar-refractivity contribution in [2.24, 2.45) is 0 Å². The molecular weight excluding hydrogens is 436 g/mol. The molecule has 0 radical (unpaired) electrons. The van der Waals surface area contributed by atoms with Crippen molar-refractivity contribution >= 4 is 38.9 Å². The second-order valence-corrected chi connectivity index (χ2v) is 9.72. The number of amides is 1. The van der Waals surface area contributed by atoms with Gasteiger partial charge in [0.1, 0.15) is 5.75 Å². The second-order valence-electron chi connectivity index (χ2n) is 7.42. The quantitative estimate of drug-likeness (QED) is 0.624. The lowest BCUT2D eigenvalue weighted by Gasteiger charge is -2.35. The van der Waals surface area contributed by atoms with Gasteiger partial charge in [-0.15, -0.1) is 0 Å². The van der Waals surface area contributed by atoms with Gasteiger partial charge in [0.2, 0.25) is 0 Å². The number of nitrogens with one attached hydrogen (secondary N) is 1. The number of rotatable bonds is 4. The average molecular weight is 457 g/mol. The van der Waals surface area contributed by atoms with E-state index in [1.165, 1.54) is 4.31 Å². The summed E-state index contributed by atoms with van der Waals surface area (Å²) in [5.41, 5.74) is 2.80. The van der Waals surface area contributed by atoms with E-state index in [-0.39, 0.29) is 11.4 Å². The Bertz CT molecular complexity index is 1230. The van der Waals surface area contributed by atoms with E-state index in [2.05, 4.69) is 5.32 Å². The van der Waals surface area contributed by atoms with E-state index >= 15 is 0 Å². The van der Waals surface area contributed by atoms with E-state index in [0.717, 1.165) is 11.1 Å². The second kappa shape index (κ2) is 8.24.